The summed E-state index contributed by atoms with van der Waals surface area (Å²) in [5.74, 6) is -0.891. The highest BCUT2D eigenvalue weighted by atomic mass is 24.3. The van der Waals surface area contributed by atoms with E-state index < -0.39 is 5.97 Å². The molecule has 0 aromatic heterocycles. The molecular weight excluding hydrogens is 104 g/mol. The fourth-order valence-electron chi connectivity index (χ4n) is 0.143. The molecule has 0 aromatic carbocycles. The third-order valence-corrected chi connectivity index (χ3v) is 0.309. The average molecular weight is 112 g/mol. The molecule has 0 saturated carbocycles. The first-order chi connectivity index (χ1) is 2.77. The standard InChI is InChI=1S/C4H6O2.Mg.2H/c1-2-3-4(5)6;;;/h2-3H,1H3,(H,5,6);;;/b3-2+;;;. The van der Waals surface area contributed by atoms with Crippen molar-refractivity contribution in [1.29, 1.82) is 0 Å². The van der Waals surface area contributed by atoms with Crippen molar-refractivity contribution in [3.63, 3.8) is 0 Å². The van der Waals surface area contributed by atoms with Crippen LogP contribution >= 0.6 is 0 Å². The summed E-state index contributed by atoms with van der Waals surface area (Å²) in [5.41, 5.74) is 0. The van der Waals surface area contributed by atoms with Crippen LogP contribution in [0.5, 0.6) is 0 Å². The lowest BCUT2D eigenvalue weighted by molar-refractivity contribution is -0.131. The Kier molecular flexibility index (Phi) is 8.59. The maximum absolute atomic E-state index is 9.51. The first-order valence-corrected chi connectivity index (χ1v) is 1.63. The van der Waals surface area contributed by atoms with Crippen molar-refractivity contribution in [2.75, 3.05) is 0 Å². The van der Waals surface area contributed by atoms with Crippen LogP contribution < -0.4 is 0 Å². The zero-order chi connectivity index (χ0) is 4.99. The second kappa shape index (κ2) is 5.98. The van der Waals surface area contributed by atoms with Gasteiger partial charge in [-0.3, -0.25) is 0 Å². The molecule has 0 aliphatic rings. The molecule has 0 saturated heterocycles. The number of carboxylic acids is 1. The topological polar surface area (TPSA) is 37.3 Å². The molecule has 0 spiro atoms. The van der Waals surface area contributed by atoms with Crippen LogP contribution in [0.2, 0.25) is 0 Å². The third kappa shape index (κ3) is 10.7. The Bertz CT molecular complexity index is 77.8. The van der Waals surface area contributed by atoms with E-state index in [4.69, 9.17) is 5.11 Å². The third-order valence-electron chi connectivity index (χ3n) is 0.309. The van der Waals surface area contributed by atoms with E-state index in [0.29, 0.717) is 0 Å². The van der Waals surface area contributed by atoms with Gasteiger partial charge in [0.1, 0.15) is 0 Å². The monoisotopic (exact) mass is 112 g/mol. The fourth-order valence-corrected chi connectivity index (χ4v) is 0.143. The minimum atomic E-state index is -0.891. The molecule has 0 aliphatic carbocycles. The molecule has 7 heavy (non-hydrogen) atoms. The van der Waals surface area contributed by atoms with Crippen molar-refractivity contribution in [3.05, 3.63) is 12.2 Å². The highest BCUT2D eigenvalue weighted by molar-refractivity contribution is 5.79. The zero-order valence-corrected chi connectivity index (χ0v) is 3.51. The van der Waals surface area contributed by atoms with Gasteiger partial charge in [-0.2, -0.15) is 0 Å². The van der Waals surface area contributed by atoms with E-state index >= 15 is 0 Å². The predicted molar refractivity (Wildman–Crippen MR) is 31.0 cm³/mol. The summed E-state index contributed by atoms with van der Waals surface area (Å²) >= 11 is 0. The van der Waals surface area contributed by atoms with E-state index in [1.165, 1.54) is 6.08 Å². The van der Waals surface area contributed by atoms with Crippen LogP contribution in [0.25, 0.3) is 0 Å². The average Bonchev–Trinajstić information content (AvgIpc) is 1.35. The molecule has 0 fully saturated rings. The lowest BCUT2D eigenvalue weighted by Gasteiger charge is -1.68. The van der Waals surface area contributed by atoms with E-state index in [1.54, 1.807) is 6.92 Å². The van der Waals surface area contributed by atoms with Crippen LogP contribution in [0.4, 0.5) is 0 Å². The van der Waals surface area contributed by atoms with Crippen molar-refractivity contribution >= 4 is 29.0 Å². The Labute approximate surface area is 58.4 Å². The van der Waals surface area contributed by atoms with Gasteiger partial charge in [0.25, 0.3) is 0 Å². The summed E-state index contributed by atoms with van der Waals surface area (Å²) in [6.45, 7) is 1.66. The first-order valence-electron chi connectivity index (χ1n) is 1.63. The van der Waals surface area contributed by atoms with Gasteiger partial charge in [0.2, 0.25) is 0 Å². The summed E-state index contributed by atoms with van der Waals surface area (Å²) in [7, 11) is 0. The van der Waals surface area contributed by atoms with Crippen molar-refractivity contribution in [2.45, 2.75) is 6.92 Å². The summed E-state index contributed by atoms with van der Waals surface area (Å²) in [4.78, 5) is 9.51. The van der Waals surface area contributed by atoms with Crippen molar-refractivity contribution in [1.82, 2.24) is 0 Å². The van der Waals surface area contributed by atoms with Gasteiger partial charge in [0, 0.05) is 6.08 Å². The van der Waals surface area contributed by atoms with Gasteiger partial charge in [0.05, 0.1) is 0 Å². The van der Waals surface area contributed by atoms with E-state index in [2.05, 4.69) is 0 Å². The number of hydrogen-bond donors (Lipinski definition) is 1. The molecule has 0 heterocycles. The molecule has 0 aromatic rings. The number of hydrogen-bond acceptors (Lipinski definition) is 1. The molecular formula is C4H8MgO2. The van der Waals surface area contributed by atoms with Gasteiger partial charge in [-0.1, -0.05) is 6.08 Å². The largest absolute Gasteiger partial charge is 0.478 e. The van der Waals surface area contributed by atoms with Gasteiger partial charge in [-0.25, -0.2) is 4.79 Å². The Morgan fingerprint density at radius 3 is 2.14 bits per heavy atom. The number of aliphatic carboxylic acids is 1. The molecule has 0 amide bonds. The van der Waals surface area contributed by atoms with Crippen LogP contribution in [-0.2, 0) is 4.79 Å². The Balaban J connectivity index is 0. The molecule has 0 bridgehead atoms. The highest BCUT2D eigenvalue weighted by Crippen LogP contribution is 1.65. The van der Waals surface area contributed by atoms with E-state index in [9.17, 15) is 4.79 Å². The van der Waals surface area contributed by atoms with Crippen molar-refractivity contribution in [2.24, 2.45) is 0 Å². The van der Waals surface area contributed by atoms with Crippen LogP contribution in [0.3, 0.4) is 0 Å². The second-order valence-electron chi connectivity index (χ2n) is 0.838. The maximum Gasteiger partial charge on any atom is 0.327 e. The number of carbonyl (C=O) groups is 1. The van der Waals surface area contributed by atoms with Crippen LogP contribution in [0, 0.1) is 0 Å². The van der Waals surface area contributed by atoms with Gasteiger partial charge >= 0.3 is 29.0 Å². The van der Waals surface area contributed by atoms with Gasteiger partial charge in [-0.05, 0) is 6.92 Å². The quantitative estimate of drug-likeness (QED) is 0.375. The van der Waals surface area contributed by atoms with Crippen molar-refractivity contribution in [3.8, 4) is 0 Å². The minimum Gasteiger partial charge on any atom is -0.478 e. The molecule has 38 valence electrons. The highest BCUT2D eigenvalue weighted by Gasteiger charge is 1.76. The van der Waals surface area contributed by atoms with Gasteiger partial charge < -0.3 is 5.11 Å². The Morgan fingerprint density at radius 2 is 2.14 bits per heavy atom. The predicted octanol–water partition coefficient (Wildman–Crippen LogP) is -0.269. The molecule has 0 unspecified atom stereocenters. The van der Waals surface area contributed by atoms with Crippen molar-refractivity contribution < 1.29 is 9.90 Å². The summed E-state index contributed by atoms with van der Waals surface area (Å²) in [5, 5.41) is 7.83. The molecule has 0 aliphatic heterocycles. The van der Waals surface area contributed by atoms with Crippen LogP contribution in [-0.4, -0.2) is 34.1 Å². The maximum atomic E-state index is 9.51. The minimum absolute atomic E-state index is 0. The molecule has 0 radical (unpaired) electrons. The molecule has 2 nitrogen and oxygen atoms in total. The normalized spacial score (nSPS) is 8.14. The molecule has 0 atom stereocenters. The Hall–Kier alpha value is -0.0238. The lowest BCUT2D eigenvalue weighted by atomic mass is 10.5. The number of rotatable bonds is 1. The van der Waals surface area contributed by atoms with Gasteiger partial charge in [0.15, 0.2) is 0 Å². The van der Waals surface area contributed by atoms with Crippen LogP contribution in [0.1, 0.15) is 6.92 Å². The lowest BCUT2D eigenvalue weighted by Crippen LogP contribution is -1.83. The van der Waals surface area contributed by atoms with Gasteiger partial charge in [-0.15, -0.1) is 0 Å². The number of carboxylic acid groups (broad SMARTS) is 1. The van der Waals surface area contributed by atoms with E-state index in [0.717, 1.165) is 6.08 Å². The molecule has 0 rings (SSSR count). The molecule has 3 heteroatoms. The SMILES string of the molecule is C/C=C/C(=O)O.[MgH2]. The van der Waals surface area contributed by atoms with Crippen LogP contribution in [0.15, 0.2) is 12.2 Å². The Morgan fingerprint density at radius 1 is 1.71 bits per heavy atom. The number of allylic oxidation sites excluding steroid dienone is 1. The summed E-state index contributed by atoms with van der Waals surface area (Å²) in [6.07, 6.45) is 2.56. The summed E-state index contributed by atoms with van der Waals surface area (Å²) < 4.78 is 0. The fraction of sp³-hybridized carbons (Fsp3) is 0.250. The van der Waals surface area contributed by atoms with E-state index in [-0.39, 0.29) is 23.1 Å². The van der Waals surface area contributed by atoms with E-state index in [1.807, 2.05) is 0 Å². The first kappa shape index (κ1) is 10.1. The second-order valence-corrected chi connectivity index (χ2v) is 0.838. The molecule has 1 N–H and O–H groups in total. The summed E-state index contributed by atoms with van der Waals surface area (Å²) in [6, 6.07) is 0. The zero-order valence-electron chi connectivity index (χ0n) is 3.51. The smallest absolute Gasteiger partial charge is 0.327 e.